The molecular weight excluding hydrogens is 388 g/mol. The summed E-state index contributed by atoms with van der Waals surface area (Å²) < 4.78 is 5.50. The van der Waals surface area contributed by atoms with Crippen LogP contribution < -0.4 is 10.2 Å². The number of benzene rings is 1. The van der Waals surface area contributed by atoms with Crippen LogP contribution in [0.5, 0.6) is 0 Å². The molecule has 0 spiro atoms. The van der Waals surface area contributed by atoms with Gasteiger partial charge in [-0.25, -0.2) is 4.98 Å². The van der Waals surface area contributed by atoms with Gasteiger partial charge < -0.3 is 15.0 Å². The summed E-state index contributed by atoms with van der Waals surface area (Å²) in [5.74, 6) is 1.00. The lowest BCUT2D eigenvalue weighted by Crippen LogP contribution is -2.38. The molecule has 1 N–H and O–H groups in total. The minimum Gasteiger partial charge on any atom is -0.381 e. The van der Waals surface area contributed by atoms with Crippen LogP contribution in [0.2, 0.25) is 0 Å². The number of aromatic nitrogens is 2. The van der Waals surface area contributed by atoms with Crippen molar-refractivity contribution in [3.63, 3.8) is 0 Å². The highest BCUT2D eigenvalue weighted by atomic mass is 16.5. The zero-order valence-corrected chi connectivity index (χ0v) is 17.6. The van der Waals surface area contributed by atoms with Crippen LogP contribution >= 0.6 is 0 Å². The second-order valence-electron chi connectivity index (χ2n) is 8.24. The molecule has 2 aliphatic rings. The van der Waals surface area contributed by atoms with Gasteiger partial charge in [0.05, 0.1) is 24.0 Å². The maximum absolute atomic E-state index is 13.7. The molecule has 1 aromatic carbocycles. The highest BCUT2D eigenvalue weighted by Gasteiger charge is 2.33. The monoisotopic (exact) mass is 414 g/mol. The normalized spacial score (nSPS) is 20.2. The highest BCUT2D eigenvalue weighted by molar-refractivity contribution is 6.00. The number of methoxy groups -OCH3 is 1. The van der Waals surface area contributed by atoms with Crippen molar-refractivity contribution < 1.29 is 9.53 Å². The summed E-state index contributed by atoms with van der Waals surface area (Å²) in [5.41, 5.74) is 4.94. The van der Waals surface area contributed by atoms with E-state index in [1.165, 1.54) is 0 Å². The summed E-state index contributed by atoms with van der Waals surface area (Å²) in [6.07, 6.45) is 9.21. The van der Waals surface area contributed by atoms with Gasteiger partial charge in [0.2, 0.25) is 5.91 Å². The summed E-state index contributed by atoms with van der Waals surface area (Å²) in [7, 11) is 1.76. The zero-order chi connectivity index (χ0) is 21.2. The number of carbonyl (C=O) groups excluding carboxylic acids is 1. The van der Waals surface area contributed by atoms with E-state index in [1.807, 2.05) is 35.2 Å². The van der Waals surface area contributed by atoms with Gasteiger partial charge in [0.1, 0.15) is 5.82 Å². The SMILES string of the molecule is CO[C@H]1CC[C@H](C(=O)N2Cc3cccnc3Nc3ccc(-c4ccncc4)cc32)CC1. The summed E-state index contributed by atoms with van der Waals surface area (Å²) in [6, 6.07) is 14.1. The van der Waals surface area contributed by atoms with Gasteiger partial charge in [-0.3, -0.25) is 9.78 Å². The average molecular weight is 415 g/mol. The number of rotatable bonds is 3. The first-order valence-electron chi connectivity index (χ1n) is 10.8. The Morgan fingerprint density at radius 1 is 1.03 bits per heavy atom. The first-order valence-corrected chi connectivity index (χ1v) is 10.8. The lowest BCUT2D eigenvalue weighted by Gasteiger charge is -2.32. The molecule has 3 aromatic rings. The van der Waals surface area contributed by atoms with E-state index in [2.05, 4.69) is 27.4 Å². The van der Waals surface area contributed by atoms with Crippen LogP contribution in [-0.4, -0.2) is 29.1 Å². The summed E-state index contributed by atoms with van der Waals surface area (Å²) in [5, 5.41) is 3.45. The Labute approximate surface area is 182 Å². The number of nitrogens with one attached hydrogen (secondary N) is 1. The maximum Gasteiger partial charge on any atom is 0.230 e. The van der Waals surface area contributed by atoms with E-state index in [-0.39, 0.29) is 17.9 Å². The third-order valence-electron chi connectivity index (χ3n) is 6.40. The Morgan fingerprint density at radius 2 is 1.84 bits per heavy atom. The van der Waals surface area contributed by atoms with Crippen molar-refractivity contribution in [3.05, 3.63) is 66.6 Å². The lowest BCUT2D eigenvalue weighted by atomic mass is 9.86. The van der Waals surface area contributed by atoms with Gasteiger partial charge in [-0.1, -0.05) is 12.1 Å². The van der Waals surface area contributed by atoms with Gasteiger partial charge in [0.15, 0.2) is 0 Å². The molecule has 5 rings (SSSR count). The summed E-state index contributed by atoms with van der Waals surface area (Å²) >= 11 is 0. The molecule has 2 aromatic heterocycles. The van der Waals surface area contributed by atoms with Crippen LogP contribution in [0.25, 0.3) is 11.1 Å². The van der Waals surface area contributed by atoms with Crippen molar-refractivity contribution >= 4 is 23.1 Å². The van der Waals surface area contributed by atoms with Crippen LogP contribution in [0.15, 0.2) is 61.1 Å². The molecule has 158 valence electrons. The predicted octanol–water partition coefficient (Wildman–Crippen LogP) is 4.94. The van der Waals surface area contributed by atoms with E-state index >= 15 is 0 Å². The fourth-order valence-corrected chi connectivity index (χ4v) is 4.61. The standard InChI is InChI=1S/C25H26N4O2/c1-31-21-7-4-18(5-8-21)25(30)29-16-20-3-2-12-27-24(20)28-22-9-6-19(15-23(22)29)17-10-13-26-14-11-17/h2-3,6,9-15,18,21H,4-5,7-8,16H2,1H3,(H,27,28)/t18-,21-. The lowest BCUT2D eigenvalue weighted by molar-refractivity contribution is -0.124. The Kier molecular flexibility index (Phi) is 5.38. The molecular formula is C25H26N4O2. The van der Waals surface area contributed by atoms with Gasteiger partial charge in [-0.05, 0) is 67.1 Å². The number of ether oxygens (including phenoxy) is 1. The number of pyridine rings is 2. The molecule has 1 amide bonds. The molecule has 1 aliphatic carbocycles. The molecule has 1 fully saturated rings. The number of nitrogens with zero attached hydrogens (tertiary/aromatic N) is 3. The topological polar surface area (TPSA) is 67.3 Å². The molecule has 6 nitrogen and oxygen atoms in total. The molecule has 0 unspecified atom stereocenters. The number of hydrogen-bond acceptors (Lipinski definition) is 5. The van der Waals surface area contributed by atoms with Crippen LogP contribution in [0.1, 0.15) is 31.2 Å². The molecule has 6 heteroatoms. The van der Waals surface area contributed by atoms with Crippen molar-refractivity contribution in [1.82, 2.24) is 9.97 Å². The number of hydrogen-bond donors (Lipinski definition) is 1. The van der Waals surface area contributed by atoms with Gasteiger partial charge in [0, 0.05) is 37.2 Å². The molecule has 1 saturated carbocycles. The Hall–Kier alpha value is -3.25. The van der Waals surface area contributed by atoms with Gasteiger partial charge in [-0.15, -0.1) is 0 Å². The third kappa shape index (κ3) is 3.91. The van der Waals surface area contributed by atoms with Crippen molar-refractivity contribution in [2.24, 2.45) is 5.92 Å². The van der Waals surface area contributed by atoms with Crippen molar-refractivity contribution in [2.75, 3.05) is 17.3 Å². The Balaban J connectivity index is 1.54. The van der Waals surface area contributed by atoms with Gasteiger partial charge in [0.25, 0.3) is 0 Å². The second-order valence-corrected chi connectivity index (χ2v) is 8.24. The van der Waals surface area contributed by atoms with E-state index in [0.717, 1.165) is 59.6 Å². The number of anilines is 3. The van der Waals surface area contributed by atoms with Crippen LogP contribution in [0.4, 0.5) is 17.2 Å². The number of amides is 1. The molecule has 31 heavy (non-hydrogen) atoms. The molecule has 0 bridgehead atoms. The third-order valence-corrected chi connectivity index (χ3v) is 6.40. The predicted molar refractivity (Wildman–Crippen MR) is 121 cm³/mol. The quantitative estimate of drug-likeness (QED) is 0.658. The fraction of sp³-hybridized carbons (Fsp3) is 0.320. The largest absolute Gasteiger partial charge is 0.381 e. The molecule has 0 saturated heterocycles. The Morgan fingerprint density at radius 3 is 2.61 bits per heavy atom. The van der Waals surface area contributed by atoms with Crippen LogP contribution in [0.3, 0.4) is 0 Å². The summed E-state index contributed by atoms with van der Waals surface area (Å²) in [4.78, 5) is 24.3. The average Bonchev–Trinajstić information content (AvgIpc) is 3.00. The van der Waals surface area contributed by atoms with E-state index < -0.39 is 0 Å². The number of fused-ring (bicyclic) bond motifs is 2. The molecule has 0 radical (unpaired) electrons. The zero-order valence-electron chi connectivity index (χ0n) is 17.6. The van der Waals surface area contributed by atoms with Crippen molar-refractivity contribution in [1.29, 1.82) is 0 Å². The van der Waals surface area contributed by atoms with E-state index in [4.69, 9.17) is 4.74 Å². The highest BCUT2D eigenvalue weighted by Crippen LogP contribution is 2.39. The van der Waals surface area contributed by atoms with Crippen molar-refractivity contribution in [3.8, 4) is 11.1 Å². The van der Waals surface area contributed by atoms with Crippen LogP contribution in [0, 0.1) is 5.92 Å². The van der Waals surface area contributed by atoms with E-state index in [0.29, 0.717) is 6.54 Å². The molecule has 3 heterocycles. The first kappa shape index (κ1) is 19.7. The minimum atomic E-state index is 0.0158. The van der Waals surface area contributed by atoms with Crippen LogP contribution in [-0.2, 0) is 16.1 Å². The molecule has 0 atom stereocenters. The van der Waals surface area contributed by atoms with E-state index in [9.17, 15) is 4.79 Å². The van der Waals surface area contributed by atoms with Crippen molar-refractivity contribution in [2.45, 2.75) is 38.3 Å². The van der Waals surface area contributed by atoms with Gasteiger partial charge in [-0.2, -0.15) is 0 Å². The van der Waals surface area contributed by atoms with E-state index in [1.54, 1.807) is 25.7 Å². The maximum atomic E-state index is 13.7. The number of carbonyl (C=O) groups is 1. The fourth-order valence-electron chi connectivity index (χ4n) is 4.61. The Bertz CT molecular complexity index is 1080. The minimum absolute atomic E-state index is 0.0158. The molecule has 1 aliphatic heterocycles. The second kappa shape index (κ2) is 8.47. The van der Waals surface area contributed by atoms with Gasteiger partial charge >= 0.3 is 0 Å². The smallest absolute Gasteiger partial charge is 0.230 e. The summed E-state index contributed by atoms with van der Waals surface area (Å²) in [6.45, 7) is 0.506. The first-order chi connectivity index (χ1) is 15.2.